The van der Waals surface area contributed by atoms with Gasteiger partial charge in [0, 0.05) is 25.2 Å². The first kappa shape index (κ1) is 20.2. The lowest BCUT2D eigenvalue weighted by molar-refractivity contribution is -0.148. The van der Waals surface area contributed by atoms with Gasteiger partial charge in [0.05, 0.1) is 12.5 Å². The summed E-state index contributed by atoms with van der Waals surface area (Å²) in [5.41, 5.74) is 0.560. The van der Waals surface area contributed by atoms with Crippen molar-refractivity contribution in [1.82, 2.24) is 10.2 Å². The lowest BCUT2D eigenvalue weighted by Crippen LogP contribution is -2.41. The molecule has 1 aromatic carbocycles. The summed E-state index contributed by atoms with van der Waals surface area (Å²) < 4.78 is 10.7. The van der Waals surface area contributed by atoms with Gasteiger partial charge < -0.3 is 19.7 Å². The Kier molecular flexibility index (Phi) is 6.64. The first-order valence-electron chi connectivity index (χ1n) is 9.17. The van der Waals surface area contributed by atoms with Crippen LogP contribution in [0.3, 0.4) is 0 Å². The highest BCUT2D eigenvalue weighted by Crippen LogP contribution is 2.24. The largest absolute Gasteiger partial charge is 0.466 e. The summed E-state index contributed by atoms with van der Waals surface area (Å²) in [6.07, 6.45) is -0.400. The molecule has 1 aliphatic rings. The quantitative estimate of drug-likeness (QED) is 0.815. The van der Waals surface area contributed by atoms with Gasteiger partial charge in [-0.2, -0.15) is 0 Å². The fraction of sp³-hybridized carbons (Fsp3) is 0.600. The van der Waals surface area contributed by atoms with Crippen LogP contribution in [0, 0.1) is 5.92 Å². The molecule has 1 amide bonds. The number of rotatable bonds is 5. The van der Waals surface area contributed by atoms with Crippen molar-refractivity contribution in [3.63, 3.8) is 0 Å². The SMILES string of the molecule is CCOC(=O)[C@@H]1CN(C(=O)OC(C)(C)C)C[C@H]1N[C@@H](C)c1ccccc1. The van der Waals surface area contributed by atoms with E-state index >= 15 is 0 Å². The van der Waals surface area contributed by atoms with Gasteiger partial charge in [-0.25, -0.2) is 4.79 Å². The van der Waals surface area contributed by atoms with Crippen LogP contribution in [0.1, 0.15) is 46.2 Å². The third-order valence-corrected chi connectivity index (χ3v) is 4.32. The van der Waals surface area contributed by atoms with Gasteiger partial charge in [0.2, 0.25) is 0 Å². The molecule has 2 rings (SSSR count). The fourth-order valence-electron chi connectivity index (χ4n) is 3.10. The number of carbonyl (C=O) groups is 2. The summed E-state index contributed by atoms with van der Waals surface area (Å²) in [4.78, 5) is 26.4. The zero-order valence-corrected chi connectivity index (χ0v) is 16.3. The van der Waals surface area contributed by atoms with Crippen molar-refractivity contribution in [2.75, 3.05) is 19.7 Å². The first-order chi connectivity index (χ1) is 12.2. The molecule has 0 aromatic heterocycles. The monoisotopic (exact) mass is 362 g/mol. The predicted molar refractivity (Wildman–Crippen MR) is 99.7 cm³/mol. The van der Waals surface area contributed by atoms with Gasteiger partial charge in [0.15, 0.2) is 0 Å². The number of amides is 1. The Bertz CT molecular complexity index is 612. The van der Waals surface area contributed by atoms with Gasteiger partial charge in [0.1, 0.15) is 5.60 Å². The molecule has 0 aliphatic carbocycles. The molecule has 0 spiro atoms. The highest BCUT2D eigenvalue weighted by molar-refractivity contribution is 5.77. The van der Waals surface area contributed by atoms with Crippen molar-refractivity contribution >= 4 is 12.1 Å². The Balaban J connectivity index is 2.10. The third-order valence-electron chi connectivity index (χ3n) is 4.32. The topological polar surface area (TPSA) is 67.9 Å². The van der Waals surface area contributed by atoms with Crippen LogP contribution in [0.5, 0.6) is 0 Å². The lowest BCUT2D eigenvalue weighted by atomic mass is 10.0. The number of nitrogens with one attached hydrogen (secondary N) is 1. The zero-order chi connectivity index (χ0) is 19.3. The van der Waals surface area contributed by atoms with Crippen molar-refractivity contribution in [1.29, 1.82) is 0 Å². The van der Waals surface area contributed by atoms with E-state index in [1.807, 2.05) is 58.0 Å². The van der Waals surface area contributed by atoms with Crippen molar-refractivity contribution < 1.29 is 19.1 Å². The van der Waals surface area contributed by atoms with Crippen LogP contribution < -0.4 is 5.32 Å². The van der Waals surface area contributed by atoms with Crippen molar-refractivity contribution in [3.8, 4) is 0 Å². The smallest absolute Gasteiger partial charge is 0.410 e. The minimum absolute atomic E-state index is 0.0525. The van der Waals surface area contributed by atoms with Crippen molar-refractivity contribution in [2.24, 2.45) is 5.92 Å². The maximum atomic E-state index is 12.4. The Hall–Kier alpha value is -2.08. The molecule has 1 heterocycles. The summed E-state index contributed by atoms with van der Waals surface area (Å²) in [6.45, 7) is 10.4. The van der Waals surface area contributed by atoms with Gasteiger partial charge in [-0.15, -0.1) is 0 Å². The standard InChI is InChI=1S/C20H30N2O4/c1-6-25-18(23)16-12-22(19(24)26-20(3,4)5)13-17(16)21-14(2)15-10-8-7-9-11-15/h7-11,14,16-17,21H,6,12-13H2,1-5H3/t14-,16+,17+/m0/s1. The van der Waals surface area contributed by atoms with Crippen LogP contribution >= 0.6 is 0 Å². The van der Waals surface area contributed by atoms with E-state index in [0.29, 0.717) is 19.7 Å². The molecule has 26 heavy (non-hydrogen) atoms. The number of nitrogens with zero attached hydrogens (tertiary/aromatic N) is 1. The van der Waals surface area contributed by atoms with E-state index in [0.717, 1.165) is 5.56 Å². The Labute approximate surface area is 155 Å². The second kappa shape index (κ2) is 8.54. The summed E-state index contributed by atoms with van der Waals surface area (Å²) >= 11 is 0. The fourth-order valence-corrected chi connectivity index (χ4v) is 3.10. The second-order valence-electron chi connectivity index (χ2n) is 7.65. The summed E-state index contributed by atoms with van der Waals surface area (Å²) in [7, 11) is 0. The molecule has 3 atom stereocenters. The van der Waals surface area contributed by atoms with Gasteiger partial charge >= 0.3 is 12.1 Å². The van der Waals surface area contributed by atoms with Gasteiger partial charge in [0.25, 0.3) is 0 Å². The molecular formula is C20H30N2O4. The van der Waals surface area contributed by atoms with Crippen molar-refractivity contribution in [2.45, 2.75) is 52.3 Å². The minimum atomic E-state index is -0.570. The zero-order valence-electron chi connectivity index (χ0n) is 16.3. The van der Waals surface area contributed by atoms with E-state index in [1.165, 1.54) is 0 Å². The lowest BCUT2D eigenvalue weighted by Gasteiger charge is -2.25. The van der Waals surface area contributed by atoms with Crippen LogP contribution in [0.15, 0.2) is 30.3 Å². The number of hydrogen-bond acceptors (Lipinski definition) is 5. The van der Waals surface area contributed by atoms with E-state index in [-0.39, 0.29) is 18.1 Å². The van der Waals surface area contributed by atoms with Crippen LogP contribution in [-0.4, -0.2) is 48.3 Å². The molecule has 144 valence electrons. The molecule has 0 unspecified atom stereocenters. The molecular weight excluding hydrogens is 332 g/mol. The molecule has 6 heteroatoms. The minimum Gasteiger partial charge on any atom is -0.466 e. The first-order valence-corrected chi connectivity index (χ1v) is 9.17. The molecule has 0 radical (unpaired) electrons. The number of carbonyl (C=O) groups excluding carboxylic acids is 2. The molecule has 1 N–H and O–H groups in total. The second-order valence-corrected chi connectivity index (χ2v) is 7.65. The molecule has 0 bridgehead atoms. The predicted octanol–water partition coefficient (Wildman–Crippen LogP) is 3.14. The average molecular weight is 362 g/mol. The Morgan fingerprint density at radius 2 is 1.88 bits per heavy atom. The van der Waals surface area contributed by atoms with Crippen molar-refractivity contribution in [3.05, 3.63) is 35.9 Å². The maximum Gasteiger partial charge on any atom is 0.410 e. The van der Waals surface area contributed by atoms with Crippen LogP contribution in [0.4, 0.5) is 4.79 Å². The molecule has 1 saturated heterocycles. The average Bonchev–Trinajstić information content (AvgIpc) is 2.98. The van der Waals surface area contributed by atoms with Gasteiger partial charge in [-0.1, -0.05) is 30.3 Å². The Morgan fingerprint density at radius 3 is 2.46 bits per heavy atom. The highest BCUT2D eigenvalue weighted by Gasteiger charge is 2.42. The number of esters is 1. The number of hydrogen-bond donors (Lipinski definition) is 1. The van der Waals surface area contributed by atoms with E-state index < -0.39 is 17.6 Å². The number of ether oxygens (including phenoxy) is 2. The maximum absolute atomic E-state index is 12.4. The summed E-state index contributed by atoms with van der Waals surface area (Å²) in [5.74, 6) is -0.690. The number of benzene rings is 1. The third kappa shape index (κ3) is 5.46. The molecule has 6 nitrogen and oxygen atoms in total. The van der Waals surface area contributed by atoms with Gasteiger partial charge in [-0.05, 0) is 40.2 Å². The van der Waals surface area contributed by atoms with Crippen LogP contribution in [0.2, 0.25) is 0 Å². The summed E-state index contributed by atoms with van der Waals surface area (Å²) in [6, 6.07) is 9.89. The molecule has 1 fully saturated rings. The molecule has 0 saturated carbocycles. The molecule has 1 aromatic rings. The normalized spacial score (nSPS) is 21.3. The van der Waals surface area contributed by atoms with Gasteiger partial charge in [-0.3, -0.25) is 4.79 Å². The van der Waals surface area contributed by atoms with E-state index in [1.54, 1.807) is 11.8 Å². The van der Waals surface area contributed by atoms with E-state index in [4.69, 9.17) is 9.47 Å². The summed E-state index contributed by atoms with van der Waals surface area (Å²) in [5, 5.41) is 3.48. The van der Waals surface area contributed by atoms with Crippen LogP contribution in [-0.2, 0) is 14.3 Å². The van der Waals surface area contributed by atoms with Crippen LogP contribution in [0.25, 0.3) is 0 Å². The van der Waals surface area contributed by atoms with E-state index in [2.05, 4.69) is 5.32 Å². The molecule has 1 aliphatic heterocycles. The highest BCUT2D eigenvalue weighted by atomic mass is 16.6. The number of likely N-dealkylation sites (tertiary alicyclic amines) is 1. The Morgan fingerprint density at radius 1 is 1.23 bits per heavy atom. The van der Waals surface area contributed by atoms with E-state index in [9.17, 15) is 9.59 Å².